The van der Waals surface area contributed by atoms with Gasteiger partial charge in [0.15, 0.2) is 0 Å². The highest BCUT2D eigenvalue weighted by Crippen LogP contribution is 2.32. The van der Waals surface area contributed by atoms with E-state index in [0.29, 0.717) is 5.92 Å². The van der Waals surface area contributed by atoms with Crippen molar-refractivity contribution in [2.45, 2.75) is 44.8 Å². The fraction of sp³-hybridized carbons (Fsp3) is 0.533. The third-order valence-corrected chi connectivity index (χ3v) is 3.83. The summed E-state index contributed by atoms with van der Waals surface area (Å²) >= 11 is 0. The molecule has 5 heteroatoms. The normalized spacial score (nSPS) is 23.4. The van der Waals surface area contributed by atoms with Crippen LogP contribution in [-0.2, 0) is 6.18 Å². The Kier molecular flexibility index (Phi) is 4.35. The van der Waals surface area contributed by atoms with Gasteiger partial charge in [-0.15, -0.1) is 0 Å². The largest absolute Gasteiger partial charge is 0.417 e. The summed E-state index contributed by atoms with van der Waals surface area (Å²) in [7, 11) is 0. The molecule has 2 nitrogen and oxygen atoms in total. The molecule has 0 saturated heterocycles. The van der Waals surface area contributed by atoms with Gasteiger partial charge in [0.1, 0.15) is 0 Å². The first-order valence-corrected chi connectivity index (χ1v) is 6.85. The maximum atomic E-state index is 12.9. The molecule has 0 unspecified atom stereocenters. The van der Waals surface area contributed by atoms with Crippen molar-refractivity contribution in [1.29, 1.82) is 0 Å². The number of benzene rings is 1. The number of carbonyl (C=O) groups excluding carboxylic acids is 1. The molecule has 1 aromatic carbocycles. The Morgan fingerprint density at radius 3 is 2.35 bits per heavy atom. The van der Waals surface area contributed by atoms with Crippen LogP contribution in [0.1, 0.15) is 48.5 Å². The highest BCUT2D eigenvalue weighted by molar-refractivity contribution is 5.96. The highest BCUT2D eigenvalue weighted by atomic mass is 19.4. The molecule has 1 amide bonds. The zero-order valence-corrected chi connectivity index (χ0v) is 11.3. The molecular weight excluding hydrogens is 267 g/mol. The number of rotatable bonds is 2. The van der Waals surface area contributed by atoms with Crippen molar-refractivity contribution in [3.63, 3.8) is 0 Å². The Morgan fingerprint density at radius 1 is 1.15 bits per heavy atom. The Labute approximate surface area is 116 Å². The van der Waals surface area contributed by atoms with E-state index in [1.807, 2.05) is 0 Å². The van der Waals surface area contributed by atoms with Crippen LogP contribution in [-0.4, -0.2) is 11.9 Å². The van der Waals surface area contributed by atoms with Crippen molar-refractivity contribution in [2.75, 3.05) is 0 Å². The van der Waals surface area contributed by atoms with Gasteiger partial charge >= 0.3 is 6.18 Å². The van der Waals surface area contributed by atoms with Gasteiger partial charge in [0.2, 0.25) is 0 Å². The lowest BCUT2D eigenvalue weighted by atomic mass is 9.87. The smallest absolute Gasteiger partial charge is 0.349 e. The van der Waals surface area contributed by atoms with Gasteiger partial charge < -0.3 is 5.32 Å². The molecule has 20 heavy (non-hydrogen) atoms. The number of halogens is 3. The molecule has 0 atom stereocenters. The molecule has 1 aromatic rings. The summed E-state index contributed by atoms with van der Waals surface area (Å²) in [4.78, 5) is 12.1. The molecule has 0 aromatic heterocycles. The van der Waals surface area contributed by atoms with Gasteiger partial charge in [0.25, 0.3) is 5.91 Å². The molecule has 0 bridgehead atoms. The minimum absolute atomic E-state index is 0.0139. The minimum Gasteiger partial charge on any atom is -0.349 e. The summed E-state index contributed by atoms with van der Waals surface area (Å²) in [5.41, 5.74) is -1.17. The third kappa shape index (κ3) is 3.52. The fourth-order valence-corrected chi connectivity index (χ4v) is 2.60. The van der Waals surface area contributed by atoms with Gasteiger partial charge in [-0.05, 0) is 43.7 Å². The van der Waals surface area contributed by atoms with Crippen LogP contribution in [0.4, 0.5) is 13.2 Å². The zero-order chi connectivity index (χ0) is 14.8. The molecule has 0 spiro atoms. The zero-order valence-electron chi connectivity index (χ0n) is 11.3. The summed E-state index contributed by atoms with van der Waals surface area (Å²) < 4.78 is 38.6. The minimum atomic E-state index is -4.50. The van der Waals surface area contributed by atoms with Crippen LogP contribution in [0.25, 0.3) is 0 Å². The van der Waals surface area contributed by atoms with Crippen molar-refractivity contribution >= 4 is 5.91 Å². The first kappa shape index (κ1) is 14.9. The van der Waals surface area contributed by atoms with E-state index in [1.54, 1.807) is 0 Å². The second-order valence-corrected chi connectivity index (χ2v) is 5.47. The quantitative estimate of drug-likeness (QED) is 0.874. The maximum absolute atomic E-state index is 12.9. The number of hydrogen-bond donors (Lipinski definition) is 1. The first-order chi connectivity index (χ1) is 9.38. The molecule has 1 aliphatic rings. The van der Waals surface area contributed by atoms with Crippen LogP contribution in [0.2, 0.25) is 0 Å². The van der Waals surface area contributed by atoms with Crippen LogP contribution in [0, 0.1) is 5.92 Å². The fourth-order valence-electron chi connectivity index (χ4n) is 2.60. The molecule has 1 aliphatic carbocycles. The van der Waals surface area contributed by atoms with Crippen LogP contribution >= 0.6 is 0 Å². The van der Waals surface area contributed by atoms with Gasteiger partial charge in [-0.1, -0.05) is 19.1 Å². The van der Waals surface area contributed by atoms with Gasteiger partial charge in [-0.25, -0.2) is 0 Å². The van der Waals surface area contributed by atoms with Crippen molar-refractivity contribution in [1.82, 2.24) is 5.32 Å². The van der Waals surface area contributed by atoms with E-state index in [1.165, 1.54) is 18.2 Å². The van der Waals surface area contributed by atoms with Crippen molar-refractivity contribution < 1.29 is 18.0 Å². The van der Waals surface area contributed by atoms with E-state index < -0.39 is 17.6 Å². The van der Waals surface area contributed by atoms with Crippen LogP contribution in [0.15, 0.2) is 24.3 Å². The van der Waals surface area contributed by atoms with E-state index in [-0.39, 0.29) is 11.6 Å². The average Bonchev–Trinajstić information content (AvgIpc) is 2.40. The Morgan fingerprint density at radius 2 is 1.75 bits per heavy atom. The molecule has 1 fully saturated rings. The van der Waals surface area contributed by atoms with Crippen molar-refractivity contribution in [3.8, 4) is 0 Å². The monoisotopic (exact) mass is 285 g/mol. The molecule has 1 saturated carbocycles. The standard InChI is InChI=1S/C15H18F3NO/c1-10-6-8-11(9-7-10)19-14(20)12-4-2-3-5-13(12)15(16,17)18/h2-5,10-11H,6-9H2,1H3,(H,19,20). The number of carbonyl (C=O) groups is 1. The topological polar surface area (TPSA) is 29.1 Å². The average molecular weight is 285 g/mol. The summed E-state index contributed by atoms with van der Waals surface area (Å²) in [5, 5.41) is 2.73. The van der Waals surface area contributed by atoms with Crippen LogP contribution < -0.4 is 5.32 Å². The predicted octanol–water partition coefficient (Wildman–Crippen LogP) is 4.01. The highest BCUT2D eigenvalue weighted by Gasteiger charge is 2.35. The molecule has 110 valence electrons. The summed E-state index contributed by atoms with van der Waals surface area (Å²) in [6, 6.07) is 4.90. The first-order valence-electron chi connectivity index (χ1n) is 6.85. The van der Waals surface area contributed by atoms with Crippen molar-refractivity contribution in [2.24, 2.45) is 5.92 Å². The second kappa shape index (κ2) is 5.85. The second-order valence-electron chi connectivity index (χ2n) is 5.47. The van der Waals surface area contributed by atoms with E-state index >= 15 is 0 Å². The number of nitrogens with one attached hydrogen (secondary N) is 1. The summed E-state index contributed by atoms with van der Waals surface area (Å²) in [6.07, 6.45) is -0.824. The Bertz CT molecular complexity index is 476. The number of hydrogen-bond acceptors (Lipinski definition) is 1. The number of alkyl halides is 3. The van der Waals surface area contributed by atoms with E-state index in [4.69, 9.17) is 0 Å². The Hall–Kier alpha value is -1.52. The van der Waals surface area contributed by atoms with E-state index in [9.17, 15) is 18.0 Å². The molecule has 2 rings (SSSR count). The lowest BCUT2D eigenvalue weighted by Gasteiger charge is -2.27. The molecule has 0 radical (unpaired) electrons. The maximum Gasteiger partial charge on any atom is 0.417 e. The summed E-state index contributed by atoms with van der Waals surface area (Å²) in [5.74, 6) is 0.00286. The summed E-state index contributed by atoms with van der Waals surface area (Å²) in [6.45, 7) is 2.15. The van der Waals surface area contributed by atoms with E-state index in [0.717, 1.165) is 31.7 Å². The molecule has 1 N–H and O–H groups in total. The van der Waals surface area contributed by atoms with Gasteiger partial charge in [-0.3, -0.25) is 4.79 Å². The van der Waals surface area contributed by atoms with Crippen LogP contribution in [0.5, 0.6) is 0 Å². The molecule has 0 aliphatic heterocycles. The van der Waals surface area contributed by atoms with Gasteiger partial charge in [0.05, 0.1) is 11.1 Å². The van der Waals surface area contributed by atoms with E-state index in [2.05, 4.69) is 12.2 Å². The van der Waals surface area contributed by atoms with Crippen molar-refractivity contribution in [3.05, 3.63) is 35.4 Å². The molecule has 0 heterocycles. The predicted molar refractivity (Wildman–Crippen MR) is 70.3 cm³/mol. The van der Waals surface area contributed by atoms with Gasteiger partial charge in [-0.2, -0.15) is 13.2 Å². The Balaban J connectivity index is 2.10. The van der Waals surface area contributed by atoms with Gasteiger partial charge in [0, 0.05) is 6.04 Å². The van der Waals surface area contributed by atoms with Crippen LogP contribution in [0.3, 0.4) is 0 Å². The lowest BCUT2D eigenvalue weighted by molar-refractivity contribution is -0.137. The number of amides is 1. The SMILES string of the molecule is CC1CCC(NC(=O)c2ccccc2C(F)(F)F)CC1. The molecular formula is C15H18F3NO. The lowest BCUT2D eigenvalue weighted by Crippen LogP contribution is -2.38. The third-order valence-electron chi connectivity index (χ3n) is 3.83.